The van der Waals surface area contributed by atoms with Crippen molar-refractivity contribution >= 4 is 40.6 Å². The van der Waals surface area contributed by atoms with Crippen molar-refractivity contribution in [3.05, 3.63) is 71.1 Å². The van der Waals surface area contributed by atoms with Crippen LogP contribution in [0.4, 0.5) is 15.9 Å². The fourth-order valence-electron chi connectivity index (χ4n) is 7.06. The highest BCUT2D eigenvalue weighted by atomic mass is 32.1. The summed E-state index contributed by atoms with van der Waals surface area (Å²) in [6.45, 7) is 11.4. The van der Waals surface area contributed by atoms with Gasteiger partial charge in [0, 0.05) is 44.7 Å². The van der Waals surface area contributed by atoms with Gasteiger partial charge in [0.05, 0.1) is 46.2 Å². The molecule has 4 atom stereocenters. The number of benzene rings is 2. The van der Waals surface area contributed by atoms with Crippen molar-refractivity contribution in [3.63, 3.8) is 0 Å². The first-order chi connectivity index (χ1) is 26.1. The lowest BCUT2D eigenvalue weighted by atomic mass is 9.85. The number of aromatic nitrogens is 3. The second-order valence-electron chi connectivity index (χ2n) is 15.3. The summed E-state index contributed by atoms with van der Waals surface area (Å²) in [5.74, 6) is -1.63. The van der Waals surface area contributed by atoms with Gasteiger partial charge in [0.2, 0.25) is 17.7 Å². The Hall–Kier alpha value is -5.19. The maximum absolute atomic E-state index is 14.2. The van der Waals surface area contributed by atoms with Gasteiger partial charge in [-0.25, -0.2) is 9.37 Å². The van der Waals surface area contributed by atoms with Crippen molar-refractivity contribution in [2.24, 2.45) is 5.41 Å². The van der Waals surface area contributed by atoms with Crippen LogP contribution in [0.1, 0.15) is 51.4 Å². The topological polar surface area (TPSA) is 190 Å². The minimum Gasteiger partial charge on any atom is -0.507 e. The number of rotatable bonds is 10. The van der Waals surface area contributed by atoms with E-state index in [1.807, 2.05) is 74.2 Å². The molecule has 0 unspecified atom stereocenters. The molecule has 0 aliphatic carbocycles. The average molecular weight is 774 g/mol. The number of aryl methyl sites for hydroxylation is 1. The summed E-state index contributed by atoms with van der Waals surface area (Å²) in [5, 5.41) is 34.9. The molecule has 4 heterocycles. The van der Waals surface area contributed by atoms with E-state index in [1.54, 1.807) is 17.4 Å². The molecule has 2 aromatic heterocycles. The zero-order chi connectivity index (χ0) is 39.6. The Morgan fingerprint density at radius 3 is 2.40 bits per heavy atom. The molecule has 2 fully saturated rings. The number of halogens is 1. The van der Waals surface area contributed by atoms with Crippen molar-refractivity contribution < 1.29 is 29.0 Å². The van der Waals surface area contributed by atoms with E-state index in [0.29, 0.717) is 31.9 Å². The fraction of sp³-hybridized carbons (Fsp3) is 0.436. The highest BCUT2D eigenvalue weighted by molar-refractivity contribution is 7.13. The first-order valence-electron chi connectivity index (χ1n) is 18.3. The van der Waals surface area contributed by atoms with E-state index in [4.69, 9.17) is 5.73 Å². The molecular weight excluding hydrogens is 726 g/mol. The number of piperazine rings is 1. The highest BCUT2D eigenvalue weighted by Crippen LogP contribution is 2.33. The van der Waals surface area contributed by atoms with Crippen LogP contribution in [0.15, 0.2) is 54.0 Å². The minimum absolute atomic E-state index is 0.0217. The predicted octanol–water partition coefficient (Wildman–Crippen LogP) is 3.49. The average Bonchev–Trinajstić information content (AvgIpc) is 3.76. The second-order valence-corrected chi connectivity index (χ2v) is 16.2. The van der Waals surface area contributed by atoms with Crippen molar-refractivity contribution in [1.82, 2.24) is 35.6 Å². The standard InChI is InChI=1S/C39H48FN9O5S/c1-22(24-6-8-25(9-7-24)34-23(2)42-21-55-34)43-37(53)31-17-27(50)19-49(31)38(54)35(39(3,4)5)44-33(52)20-47-12-14-48(15-13-47)30-18-29(45-46-36(30)41)28-16-26(40)10-11-32(28)51/h6-11,16,18,21-22,27,31,35,50-51H,12-15,17,19-20H2,1-5H3,(H2,41,46)(H,43,53)(H,44,52)/t22-,27+,31-,35+/m0/s1. The quantitative estimate of drug-likeness (QED) is 0.159. The smallest absolute Gasteiger partial charge is 0.246 e. The Labute approximate surface area is 323 Å². The third-order valence-corrected chi connectivity index (χ3v) is 11.2. The zero-order valence-electron chi connectivity index (χ0n) is 31.6. The lowest BCUT2D eigenvalue weighted by Crippen LogP contribution is -2.59. The number of nitrogen functional groups attached to an aromatic ring is 1. The SMILES string of the molecule is Cc1ncsc1-c1ccc([C@H](C)NC(=O)[C@@H]2C[C@@H](O)CN2C(=O)[C@@H](NC(=O)CN2CCN(c3cc(-c4cc(F)ccc4O)nnc3N)CC2)C(C)(C)C)cc1. The summed E-state index contributed by atoms with van der Waals surface area (Å²) >= 11 is 1.57. The van der Waals surface area contributed by atoms with E-state index < -0.39 is 35.3 Å². The molecule has 16 heteroatoms. The van der Waals surface area contributed by atoms with Crippen LogP contribution in [0.3, 0.4) is 0 Å². The molecule has 14 nitrogen and oxygen atoms in total. The van der Waals surface area contributed by atoms with E-state index in [-0.39, 0.29) is 60.2 Å². The van der Waals surface area contributed by atoms with E-state index in [9.17, 15) is 29.0 Å². The van der Waals surface area contributed by atoms with Crippen molar-refractivity contribution in [3.8, 4) is 27.4 Å². The summed E-state index contributed by atoms with van der Waals surface area (Å²) in [7, 11) is 0. The van der Waals surface area contributed by atoms with Crippen LogP contribution < -0.4 is 21.3 Å². The van der Waals surface area contributed by atoms with Crippen LogP contribution in [0.25, 0.3) is 21.7 Å². The number of nitrogens with two attached hydrogens (primary N) is 1. The first-order valence-corrected chi connectivity index (χ1v) is 19.1. The van der Waals surface area contributed by atoms with Crippen LogP contribution in [0.2, 0.25) is 0 Å². The third-order valence-electron chi connectivity index (χ3n) is 10.2. The van der Waals surface area contributed by atoms with Crippen molar-refractivity contribution in [2.45, 2.75) is 65.3 Å². The van der Waals surface area contributed by atoms with Crippen LogP contribution in [0, 0.1) is 18.2 Å². The van der Waals surface area contributed by atoms with Crippen LogP contribution in [-0.2, 0) is 14.4 Å². The van der Waals surface area contributed by atoms with Crippen molar-refractivity contribution in [2.75, 3.05) is 49.9 Å². The zero-order valence-corrected chi connectivity index (χ0v) is 32.4. The number of aliphatic hydroxyl groups is 1. The van der Waals surface area contributed by atoms with Gasteiger partial charge in [0.1, 0.15) is 23.7 Å². The Morgan fingerprint density at radius 2 is 1.75 bits per heavy atom. The number of thiazole rings is 1. The number of amides is 3. The summed E-state index contributed by atoms with van der Waals surface area (Å²) in [6, 6.07) is 10.9. The number of phenols is 1. The molecule has 6 N–H and O–H groups in total. The number of carbonyl (C=O) groups is 3. The molecule has 0 spiro atoms. The van der Waals surface area contributed by atoms with Gasteiger partial charge >= 0.3 is 0 Å². The summed E-state index contributed by atoms with van der Waals surface area (Å²) < 4.78 is 13.9. The van der Waals surface area contributed by atoms with Crippen LogP contribution in [-0.4, -0.2) is 110 Å². The van der Waals surface area contributed by atoms with Gasteiger partial charge in [0.15, 0.2) is 5.82 Å². The number of hydrogen-bond donors (Lipinski definition) is 5. The molecule has 0 bridgehead atoms. The number of β-amino-alcohol motifs (C(OH)–C–C–N with tert-alkyl or cyclic N) is 1. The number of hydrogen-bond acceptors (Lipinski definition) is 12. The number of anilines is 2. The Morgan fingerprint density at radius 1 is 1.04 bits per heavy atom. The Bertz CT molecular complexity index is 2030. The maximum atomic E-state index is 14.2. The summed E-state index contributed by atoms with van der Waals surface area (Å²) in [5.41, 5.74) is 11.2. The number of phenolic OH excluding ortho intramolecular Hbond substituents is 1. The Balaban J connectivity index is 1.06. The molecule has 2 aliphatic heterocycles. The van der Waals surface area contributed by atoms with Gasteiger partial charge in [-0.15, -0.1) is 21.5 Å². The van der Waals surface area contributed by atoms with Gasteiger partial charge in [-0.1, -0.05) is 45.0 Å². The molecule has 6 rings (SSSR count). The predicted molar refractivity (Wildman–Crippen MR) is 209 cm³/mol. The highest BCUT2D eigenvalue weighted by Gasteiger charge is 2.45. The third kappa shape index (κ3) is 9.03. The molecule has 2 saturated heterocycles. The largest absolute Gasteiger partial charge is 0.507 e. The molecular formula is C39H48FN9O5S. The molecule has 0 saturated carbocycles. The maximum Gasteiger partial charge on any atom is 0.246 e. The number of nitrogens with zero attached hydrogens (tertiary/aromatic N) is 6. The van der Waals surface area contributed by atoms with E-state index >= 15 is 0 Å². The summed E-state index contributed by atoms with van der Waals surface area (Å²) in [4.78, 5) is 52.0. The van der Waals surface area contributed by atoms with Gasteiger partial charge < -0.3 is 36.4 Å². The van der Waals surface area contributed by atoms with Gasteiger partial charge in [-0.3, -0.25) is 19.3 Å². The molecule has 0 radical (unpaired) electrons. The first kappa shape index (κ1) is 39.5. The molecule has 2 aromatic carbocycles. The van der Waals surface area contributed by atoms with E-state index in [0.717, 1.165) is 27.8 Å². The van der Waals surface area contributed by atoms with Crippen molar-refractivity contribution in [1.29, 1.82) is 0 Å². The summed E-state index contributed by atoms with van der Waals surface area (Å²) in [6.07, 6.45) is -0.796. The number of aliphatic hydroxyl groups excluding tert-OH is 1. The molecule has 55 heavy (non-hydrogen) atoms. The lowest BCUT2D eigenvalue weighted by Gasteiger charge is -2.38. The van der Waals surface area contributed by atoms with Gasteiger partial charge in [-0.05, 0) is 54.7 Å². The second kappa shape index (κ2) is 16.3. The molecule has 4 aromatic rings. The number of carbonyl (C=O) groups excluding carboxylic acids is 3. The normalized spacial score (nSPS) is 18.9. The number of aromatic hydroxyl groups is 1. The number of likely N-dealkylation sites (tertiary alicyclic amines) is 1. The molecule has 292 valence electrons. The van der Waals surface area contributed by atoms with E-state index in [1.165, 1.54) is 17.0 Å². The minimum atomic E-state index is -0.956. The van der Waals surface area contributed by atoms with Gasteiger partial charge in [-0.2, -0.15) is 0 Å². The monoisotopic (exact) mass is 773 g/mol. The van der Waals surface area contributed by atoms with Gasteiger partial charge in [0.25, 0.3) is 0 Å². The Kier molecular flexibility index (Phi) is 11.7. The van der Waals surface area contributed by atoms with Crippen LogP contribution in [0.5, 0.6) is 5.75 Å². The van der Waals surface area contributed by atoms with E-state index in [2.05, 4.69) is 25.8 Å². The van der Waals surface area contributed by atoms with Crippen LogP contribution >= 0.6 is 11.3 Å². The lowest BCUT2D eigenvalue weighted by molar-refractivity contribution is -0.144. The molecule has 3 amide bonds. The molecule has 2 aliphatic rings. The number of nitrogens with one attached hydrogen (secondary N) is 2. The fourth-order valence-corrected chi connectivity index (χ4v) is 7.87.